The average Bonchev–Trinajstić information content (AvgIpc) is 2.93. The van der Waals surface area contributed by atoms with E-state index < -0.39 is 0 Å². The first kappa shape index (κ1) is 18.0. The number of halogens is 1. The highest BCUT2D eigenvalue weighted by Crippen LogP contribution is 2.37. The molecule has 142 valence electrons. The zero-order valence-electron chi connectivity index (χ0n) is 15.4. The van der Waals surface area contributed by atoms with Crippen LogP contribution in [0.1, 0.15) is 21.5 Å². The van der Waals surface area contributed by atoms with Gasteiger partial charge in [-0.1, -0.05) is 6.07 Å². The lowest BCUT2D eigenvalue weighted by Crippen LogP contribution is -2.32. The average molecular weight is 378 g/mol. The van der Waals surface area contributed by atoms with E-state index in [4.69, 9.17) is 4.74 Å². The number of hydrogen-bond acceptors (Lipinski definition) is 4. The number of amides is 1. The number of aromatic hydroxyl groups is 1. The number of aromatic nitrogens is 1. The molecule has 0 aliphatic carbocycles. The molecule has 2 heterocycles. The number of ether oxygens (including phenoxy) is 1. The minimum atomic E-state index is -0.341. The van der Waals surface area contributed by atoms with Crippen molar-refractivity contribution in [1.82, 2.24) is 9.88 Å². The van der Waals surface area contributed by atoms with Crippen LogP contribution in [0.2, 0.25) is 0 Å². The van der Waals surface area contributed by atoms with E-state index >= 15 is 0 Å². The summed E-state index contributed by atoms with van der Waals surface area (Å²) in [5, 5.41) is 10.4. The summed E-state index contributed by atoms with van der Waals surface area (Å²) in [5.74, 6) is -0.126. The van der Waals surface area contributed by atoms with Crippen molar-refractivity contribution in [1.29, 1.82) is 0 Å². The van der Waals surface area contributed by atoms with Crippen molar-refractivity contribution in [2.75, 3.05) is 13.2 Å². The lowest BCUT2D eigenvalue weighted by molar-refractivity contribution is 0.0733. The fourth-order valence-corrected chi connectivity index (χ4v) is 3.33. The SMILES string of the molecule is Cc1cc(C(=O)N2CCOc3c(O)cc(-c4cccnc4)cc3C2)ccc1F. The first-order valence-corrected chi connectivity index (χ1v) is 8.97. The molecule has 1 N–H and O–H groups in total. The largest absolute Gasteiger partial charge is 0.504 e. The van der Waals surface area contributed by atoms with Gasteiger partial charge >= 0.3 is 0 Å². The van der Waals surface area contributed by atoms with Crippen LogP contribution in [0.4, 0.5) is 4.39 Å². The Balaban J connectivity index is 1.68. The number of rotatable bonds is 2. The van der Waals surface area contributed by atoms with Gasteiger partial charge in [-0.3, -0.25) is 9.78 Å². The van der Waals surface area contributed by atoms with Crippen molar-refractivity contribution in [2.24, 2.45) is 0 Å². The summed E-state index contributed by atoms with van der Waals surface area (Å²) in [4.78, 5) is 18.7. The number of benzene rings is 2. The highest BCUT2D eigenvalue weighted by atomic mass is 19.1. The van der Waals surface area contributed by atoms with Gasteiger partial charge in [0.15, 0.2) is 11.5 Å². The zero-order chi connectivity index (χ0) is 19.7. The summed E-state index contributed by atoms with van der Waals surface area (Å²) in [6, 6.07) is 11.6. The van der Waals surface area contributed by atoms with E-state index in [1.807, 2.05) is 18.2 Å². The fourth-order valence-electron chi connectivity index (χ4n) is 3.33. The summed E-state index contributed by atoms with van der Waals surface area (Å²) < 4.78 is 19.2. The Bertz CT molecular complexity index is 1040. The predicted octanol–water partition coefficient (Wildman–Crippen LogP) is 3.94. The minimum Gasteiger partial charge on any atom is -0.504 e. The second-order valence-corrected chi connectivity index (χ2v) is 6.76. The monoisotopic (exact) mass is 378 g/mol. The molecule has 0 bridgehead atoms. The van der Waals surface area contributed by atoms with E-state index in [9.17, 15) is 14.3 Å². The maximum absolute atomic E-state index is 13.5. The topological polar surface area (TPSA) is 62.7 Å². The molecule has 6 heteroatoms. The smallest absolute Gasteiger partial charge is 0.254 e. The lowest BCUT2D eigenvalue weighted by atomic mass is 10.0. The van der Waals surface area contributed by atoms with Gasteiger partial charge in [0.2, 0.25) is 0 Å². The van der Waals surface area contributed by atoms with Crippen molar-refractivity contribution in [3.05, 3.63) is 77.4 Å². The Morgan fingerprint density at radius 1 is 1.21 bits per heavy atom. The first-order valence-electron chi connectivity index (χ1n) is 8.97. The van der Waals surface area contributed by atoms with E-state index in [0.717, 1.165) is 11.1 Å². The number of phenolic OH excluding ortho intramolecular Hbond substituents is 1. The summed E-state index contributed by atoms with van der Waals surface area (Å²) in [7, 11) is 0. The normalized spacial score (nSPS) is 13.4. The van der Waals surface area contributed by atoms with Gasteiger partial charge in [-0.15, -0.1) is 0 Å². The van der Waals surface area contributed by atoms with Crippen LogP contribution >= 0.6 is 0 Å². The van der Waals surface area contributed by atoms with Crippen molar-refractivity contribution in [3.63, 3.8) is 0 Å². The van der Waals surface area contributed by atoms with Crippen LogP contribution < -0.4 is 4.74 Å². The second-order valence-electron chi connectivity index (χ2n) is 6.76. The third kappa shape index (κ3) is 3.41. The lowest BCUT2D eigenvalue weighted by Gasteiger charge is -2.20. The third-order valence-corrected chi connectivity index (χ3v) is 4.80. The van der Waals surface area contributed by atoms with Gasteiger partial charge in [0, 0.05) is 35.6 Å². The number of nitrogens with zero attached hydrogens (tertiary/aromatic N) is 2. The number of carbonyl (C=O) groups is 1. The number of carbonyl (C=O) groups excluding carboxylic acids is 1. The predicted molar refractivity (Wildman–Crippen MR) is 103 cm³/mol. The number of aryl methyl sites for hydroxylation is 1. The zero-order valence-corrected chi connectivity index (χ0v) is 15.4. The highest BCUT2D eigenvalue weighted by molar-refractivity contribution is 5.94. The maximum Gasteiger partial charge on any atom is 0.254 e. The molecule has 0 radical (unpaired) electrons. The molecule has 0 fully saturated rings. The van der Waals surface area contributed by atoms with Gasteiger partial charge in [0.1, 0.15) is 12.4 Å². The summed E-state index contributed by atoms with van der Waals surface area (Å²) >= 11 is 0. The molecular weight excluding hydrogens is 359 g/mol. The van der Waals surface area contributed by atoms with Gasteiger partial charge in [-0.2, -0.15) is 0 Å². The molecule has 0 unspecified atom stereocenters. The molecule has 5 nitrogen and oxygen atoms in total. The minimum absolute atomic E-state index is 0.0308. The van der Waals surface area contributed by atoms with E-state index in [1.165, 1.54) is 12.1 Å². The molecule has 1 aliphatic rings. The fraction of sp³-hybridized carbons (Fsp3) is 0.182. The highest BCUT2D eigenvalue weighted by Gasteiger charge is 2.24. The Labute approximate surface area is 162 Å². The molecule has 0 atom stereocenters. The molecular formula is C22H19FN2O3. The van der Waals surface area contributed by atoms with E-state index in [-0.39, 0.29) is 30.6 Å². The number of phenols is 1. The molecule has 0 saturated heterocycles. The van der Waals surface area contributed by atoms with Crippen LogP contribution in [0, 0.1) is 12.7 Å². The molecule has 3 aromatic rings. The molecule has 4 rings (SSSR count). The Morgan fingerprint density at radius 3 is 2.82 bits per heavy atom. The standard InChI is InChI=1S/C22H19FN2O3/c1-14-9-15(4-5-19(14)23)22(27)25-7-8-28-21-18(13-25)10-17(11-20(21)26)16-3-2-6-24-12-16/h2-6,9-12,26H,7-8,13H2,1H3. The van der Waals surface area contributed by atoms with Gasteiger partial charge in [-0.25, -0.2) is 4.39 Å². The van der Waals surface area contributed by atoms with E-state index in [0.29, 0.717) is 29.0 Å². The van der Waals surface area contributed by atoms with Crippen LogP contribution in [0.3, 0.4) is 0 Å². The van der Waals surface area contributed by atoms with Crippen LogP contribution in [0.25, 0.3) is 11.1 Å². The summed E-state index contributed by atoms with van der Waals surface area (Å²) in [6.45, 7) is 2.54. The van der Waals surface area contributed by atoms with Gasteiger partial charge in [0.25, 0.3) is 5.91 Å². The number of pyridine rings is 1. The molecule has 28 heavy (non-hydrogen) atoms. The Hall–Kier alpha value is -3.41. The van der Waals surface area contributed by atoms with Crippen molar-refractivity contribution < 1.29 is 19.0 Å². The summed E-state index contributed by atoms with van der Waals surface area (Å²) in [6.07, 6.45) is 3.39. The molecule has 1 amide bonds. The van der Waals surface area contributed by atoms with Crippen LogP contribution in [-0.4, -0.2) is 34.0 Å². The van der Waals surface area contributed by atoms with Crippen LogP contribution in [0.5, 0.6) is 11.5 Å². The van der Waals surface area contributed by atoms with Gasteiger partial charge in [0.05, 0.1) is 6.54 Å². The number of hydrogen-bond donors (Lipinski definition) is 1. The van der Waals surface area contributed by atoms with Crippen molar-refractivity contribution in [2.45, 2.75) is 13.5 Å². The number of fused-ring (bicyclic) bond motifs is 1. The van der Waals surface area contributed by atoms with Crippen LogP contribution in [0.15, 0.2) is 54.9 Å². The molecule has 0 spiro atoms. The Kier molecular flexibility index (Phi) is 4.69. The van der Waals surface area contributed by atoms with Gasteiger partial charge < -0.3 is 14.7 Å². The quantitative estimate of drug-likeness (QED) is 0.734. The Morgan fingerprint density at radius 2 is 2.07 bits per heavy atom. The molecule has 1 aromatic heterocycles. The van der Waals surface area contributed by atoms with Crippen molar-refractivity contribution >= 4 is 5.91 Å². The second kappa shape index (κ2) is 7.31. The maximum atomic E-state index is 13.5. The molecule has 0 saturated carbocycles. The van der Waals surface area contributed by atoms with E-state index in [2.05, 4.69) is 4.98 Å². The van der Waals surface area contributed by atoms with E-state index in [1.54, 1.807) is 36.4 Å². The molecule has 1 aliphatic heterocycles. The third-order valence-electron chi connectivity index (χ3n) is 4.80. The van der Waals surface area contributed by atoms with Crippen molar-refractivity contribution in [3.8, 4) is 22.6 Å². The van der Waals surface area contributed by atoms with Gasteiger partial charge in [-0.05, 0) is 54.4 Å². The van der Waals surface area contributed by atoms with Crippen LogP contribution in [-0.2, 0) is 6.54 Å². The molecule has 2 aromatic carbocycles. The first-order chi connectivity index (χ1) is 13.5. The summed E-state index contributed by atoms with van der Waals surface area (Å²) in [5.41, 5.74) is 3.21.